The third kappa shape index (κ3) is 3.84. The van der Waals surface area contributed by atoms with Gasteiger partial charge in [0.2, 0.25) is 0 Å². The first kappa shape index (κ1) is 15.5. The highest BCUT2D eigenvalue weighted by atomic mass is 16.4. The maximum absolute atomic E-state index is 12.1. The molecule has 0 atom stereocenters. The van der Waals surface area contributed by atoms with Crippen molar-refractivity contribution in [2.45, 2.75) is 51.9 Å². The van der Waals surface area contributed by atoms with Gasteiger partial charge in [0.05, 0.1) is 5.52 Å². The molecule has 0 unspecified atom stereocenters. The minimum Gasteiger partial charge on any atom is -0.408 e. The van der Waals surface area contributed by atoms with Crippen molar-refractivity contribution in [3.63, 3.8) is 0 Å². The Kier molecular flexibility index (Phi) is 5.37. The predicted octanol–water partition coefficient (Wildman–Crippen LogP) is 4.06. The van der Waals surface area contributed by atoms with Crippen LogP contribution in [0.5, 0.6) is 0 Å². The summed E-state index contributed by atoms with van der Waals surface area (Å²) in [5.74, 6) is -0.274. The Morgan fingerprint density at radius 2 is 1.86 bits per heavy atom. The van der Waals surface area contributed by atoms with Gasteiger partial charge < -0.3 is 4.42 Å². The molecule has 4 heteroatoms. The Hall–Kier alpha value is -1.84. The molecule has 0 aliphatic rings. The zero-order chi connectivity index (χ0) is 15.2. The number of benzene rings is 1. The first-order valence-electron chi connectivity index (χ1n) is 7.76. The SMILES string of the molecule is CCCCCCCCC(=O)c1ccc2c(c1)oc(=O)n2C. The Morgan fingerprint density at radius 3 is 2.62 bits per heavy atom. The third-order valence-electron chi connectivity index (χ3n) is 3.87. The number of ketones is 1. The molecular weight excluding hydrogens is 266 g/mol. The van der Waals surface area contributed by atoms with E-state index in [1.54, 1.807) is 25.2 Å². The monoisotopic (exact) mass is 289 g/mol. The summed E-state index contributed by atoms with van der Waals surface area (Å²) < 4.78 is 6.56. The van der Waals surface area contributed by atoms with Gasteiger partial charge in [-0.25, -0.2) is 4.79 Å². The standard InChI is InChI=1S/C17H23NO3/c1-3-4-5-6-7-8-9-15(19)13-10-11-14-16(12-13)21-17(20)18(14)2/h10-12H,3-9H2,1-2H3. The van der Waals surface area contributed by atoms with Crippen molar-refractivity contribution in [2.75, 3.05) is 0 Å². The van der Waals surface area contributed by atoms with E-state index in [0.29, 0.717) is 17.6 Å². The lowest BCUT2D eigenvalue weighted by molar-refractivity contribution is 0.0979. The fraction of sp³-hybridized carbons (Fsp3) is 0.529. The van der Waals surface area contributed by atoms with Gasteiger partial charge in [-0.2, -0.15) is 0 Å². The molecule has 0 bridgehead atoms. The molecule has 1 aromatic carbocycles. The molecule has 0 aliphatic heterocycles. The molecule has 0 saturated carbocycles. The van der Waals surface area contributed by atoms with E-state index < -0.39 is 5.76 Å². The van der Waals surface area contributed by atoms with Crippen LogP contribution in [0.2, 0.25) is 0 Å². The van der Waals surface area contributed by atoms with E-state index >= 15 is 0 Å². The van der Waals surface area contributed by atoms with Crippen molar-refractivity contribution in [1.29, 1.82) is 0 Å². The van der Waals surface area contributed by atoms with Gasteiger partial charge in [0.1, 0.15) is 0 Å². The zero-order valence-corrected chi connectivity index (χ0v) is 12.9. The molecule has 0 aliphatic carbocycles. The summed E-state index contributed by atoms with van der Waals surface area (Å²) in [6.45, 7) is 2.20. The largest absolute Gasteiger partial charge is 0.419 e. The fourth-order valence-electron chi connectivity index (χ4n) is 2.52. The minimum atomic E-state index is -0.398. The van der Waals surface area contributed by atoms with Gasteiger partial charge in [-0.1, -0.05) is 39.0 Å². The number of hydrogen-bond donors (Lipinski definition) is 0. The predicted molar refractivity (Wildman–Crippen MR) is 83.8 cm³/mol. The Morgan fingerprint density at radius 1 is 1.14 bits per heavy atom. The highest BCUT2D eigenvalue weighted by Gasteiger charge is 2.10. The van der Waals surface area contributed by atoms with Gasteiger partial charge in [0, 0.05) is 19.0 Å². The van der Waals surface area contributed by atoms with Crippen LogP contribution in [0.4, 0.5) is 0 Å². The number of fused-ring (bicyclic) bond motifs is 1. The lowest BCUT2D eigenvalue weighted by atomic mass is 10.0. The first-order valence-corrected chi connectivity index (χ1v) is 7.76. The summed E-state index contributed by atoms with van der Waals surface area (Å²) in [6.07, 6.45) is 7.57. The van der Waals surface area contributed by atoms with Crippen LogP contribution in [0, 0.1) is 0 Å². The van der Waals surface area contributed by atoms with Gasteiger partial charge >= 0.3 is 5.76 Å². The molecule has 21 heavy (non-hydrogen) atoms. The quantitative estimate of drug-likeness (QED) is 0.544. The average molecular weight is 289 g/mol. The maximum atomic E-state index is 12.1. The molecule has 1 aromatic heterocycles. The normalized spacial score (nSPS) is 11.1. The molecule has 0 N–H and O–H groups in total. The molecule has 2 aromatic rings. The molecule has 0 saturated heterocycles. The molecule has 4 nitrogen and oxygen atoms in total. The van der Waals surface area contributed by atoms with E-state index in [-0.39, 0.29) is 5.78 Å². The summed E-state index contributed by atoms with van der Waals surface area (Å²) in [4.78, 5) is 23.6. The van der Waals surface area contributed by atoms with E-state index in [4.69, 9.17) is 4.42 Å². The summed E-state index contributed by atoms with van der Waals surface area (Å²) in [5, 5.41) is 0. The smallest absolute Gasteiger partial charge is 0.408 e. The summed E-state index contributed by atoms with van der Waals surface area (Å²) in [5.41, 5.74) is 1.83. The second kappa shape index (κ2) is 7.25. The van der Waals surface area contributed by atoms with Crippen LogP contribution < -0.4 is 5.76 Å². The summed E-state index contributed by atoms with van der Waals surface area (Å²) in [6, 6.07) is 5.22. The number of Topliss-reactive ketones (excluding diaryl/α,β-unsaturated/α-hetero) is 1. The number of aromatic nitrogens is 1. The van der Waals surface area contributed by atoms with Gasteiger partial charge in [-0.15, -0.1) is 0 Å². The van der Waals surface area contributed by atoms with Crippen LogP contribution in [0.15, 0.2) is 27.4 Å². The number of nitrogens with zero attached hydrogens (tertiary/aromatic N) is 1. The van der Waals surface area contributed by atoms with E-state index in [0.717, 1.165) is 18.4 Å². The molecule has 114 valence electrons. The van der Waals surface area contributed by atoms with E-state index in [1.165, 1.54) is 30.3 Å². The fourth-order valence-corrected chi connectivity index (χ4v) is 2.52. The lowest BCUT2D eigenvalue weighted by Crippen LogP contribution is -2.08. The Labute approximate surface area is 124 Å². The third-order valence-corrected chi connectivity index (χ3v) is 3.87. The Bertz CT molecular complexity index is 666. The lowest BCUT2D eigenvalue weighted by Gasteiger charge is -2.02. The van der Waals surface area contributed by atoms with E-state index in [9.17, 15) is 9.59 Å². The molecule has 1 heterocycles. The molecule has 0 spiro atoms. The van der Waals surface area contributed by atoms with E-state index in [2.05, 4.69) is 6.92 Å². The van der Waals surface area contributed by atoms with Gasteiger partial charge in [-0.3, -0.25) is 9.36 Å². The summed E-state index contributed by atoms with van der Waals surface area (Å²) >= 11 is 0. The number of rotatable bonds is 8. The van der Waals surface area contributed by atoms with Gasteiger partial charge in [0.15, 0.2) is 11.4 Å². The van der Waals surface area contributed by atoms with Crippen molar-refractivity contribution >= 4 is 16.9 Å². The molecule has 2 rings (SSSR count). The molecule has 0 radical (unpaired) electrons. The van der Waals surface area contributed by atoms with Crippen LogP contribution in [-0.4, -0.2) is 10.4 Å². The second-order valence-corrected chi connectivity index (χ2v) is 5.55. The number of hydrogen-bond acceptors (Lipinski definition) is 3. The maximum Gasteiger partial charge on any atom is 0.419 e. The highest BCUT2D eigenvalue weighted by Crippen LogP contribution is 2.17. The average Bonchev–Trinajstić information content (AvgIpc) is 2.77. The molecular formula is C17H23NO3. The number of aryl methyl sites for hydroxylation is 1. The number of oxazole rings is 1. The first-order chi connectivity index (χ1) is 10.1. The van der Waals surface area contributed by atoms with Crippen LogP contribution >= 0.6 is 0 Å². The van der Waals surface area contributed by atoms with Gasteiger partial charge in [0.25, 0.3) is 0 Å². The van der Waals surface area contributed by atoms with Crippen LogP contribution in [0.25, 0.3) is 11.1 Å². The topological polar surface area (TPSA) is 52.2 Å². The highest BCUT2D eigenvalue weighted by molar-refractivity contribution is 5.98. The van der Waals surface area contributed by atoms with Crippen LogP contribution in [0.1, 0.15) is 62.2 Å². The number of carbonyl (C=O) groups excluding carboxylic acids is 1. The van der Waals surface area contributed by atoms with Crippen molar-refractivity contribution in [3.05, 3.63) is 34.3 Å². The van der Waals surface area contributed by atoms with E-state index in [1.807, 2.05) is 0 Å². The number of carbonyl (C=O) groups is 1. The van der Waals surface area contributed by atoms with Crippen LogP contribution in [0.3, 0.4) is 0 Å². The van der Waals surface area contributed by atoms with Crippen LogP contribution in [-0.2, 0) is 7.05 Å². The number of unbranched alkanes of at least 4 members (excludes halogenated alkanes) is 5. The Balaban J connectivity index is 1.92. The summed E-state index contributed by atoms with van der Waals surface area (Å²) in [7, 11) is 1.66. The minimum absolute atomic E-state index is 0.124. The van der Waals surface area contributed by atoms with Crippen molar-refractivity contribution in [3.8, 4) is 0 Å². The van der Waals surface area contributed by atoms with Crippen molar-refractivity contribution in [2.24, 2.45) is 7.05 Å². The molecule has 0 fully saturated rings. The zero-order valence-electron chi connectivity index (χ0n) is 12.9. The van der Waals surface area contributed by atoms with Crippen molar-refractivity contribution in [1.82, 2.24) is 4.57 Å². The second-order valence-electron chi connectivity index (χ2n) is 5.55. The van der Waals surface area contributed by atoms with Gasteiger partial charge in [-0.05, 0) is 24.6 Å². The van der Waals surface area contributed by atoms with Crippen molar-refractivity contribution < 1.29 is 9.21 Å². The molecule has 0 amide bonds.